The molecule has 0 heterocycles. The molecule has 10 heteroatoms. The first-order valence-corrected chi connectivity index (χ1v) is 13.4. The molecule has 0 spiro atoms. The van der Waals surface area contributed by atoms with Crippen LogP contribution in [0.5, 0.6) is 5.75 Å². The second-order valence-electron chi connectivity index (χ2n) is 10.7. The molecule has 0 radical (unpaired) electrons. The molecule has 0 amide bonds. The van der Waals surface area contributed by atoms with Crippen molar-refractivity contribution in [1.29, 1.82) is 0 Å². The van der Waals surface area contributed by atoms with E-state index in [1.165, 1.54) is 12.1 Å². The lowest BCUT2D eigenvalue weighted by Crippen LogP contribution is -2.37. The summed E-state index contributed by atoms with van der Waals surface area (Å²) in [4.78, 5) is 12.3. The number of alkyl halides is 5. The topological polar surface area (TPSA) is 35.5 Å². The summed E-state index contributed by atoms with van der Waals surface area (Å²) >= 11 is 0. The van der Waals surface area contributed by atoms with Gasteiger partial charge in [0.25, 0.3) is 0 Å². The molecule has 2 aromatic rings. The number of allylic oxidation sites excluding steroid dienone is 2. The molecule has 0 unspecified atom stereocenters. The second kappa shape index (κ2) is 12.2. The van der Waals surface area contributed by atoms with E-state index < -0.39 is 47.1 Å². The van der Waals surface area contributed by atoms with Gasteiger partial charge in [-0.2, -0.15) is 22.0 Å². The number of benzene rings is 2. The van der Waals surface area contributed by atoms with Gasteiger partial charge in [0.05, 0.1) is 17.0 Å². The van der Waals surface area contributed by atoms with E-state index in [0.29, 0.717) is 49.4 Å². The molecule has 2 aromatic carbocycles. The van der Waals surface area contributed by atoms with Crippen LogP contribution in [-0.4, -0.2) is 18.2 Å². The lowest BCUT2D eigenvalue weighted by Gasteiger charge is -2.32. The molecule has 218 valence electrons. The number of carbonyl (C=O) groups excluding carboxylic acids is 1. The fourth-order valence-corrected chi connectivity index (χ4v) is 5.39. The van der Waals surface area contributed by atoms with Crippen molar-refractivity contribution in [3.05, 3.63) is 76.9 Å². The monoisotopic (exact) mass is 572 g/mol. The Morgan fingerprint density at radius 1 is 0.800 bits per heavy atom. The van der Waals surface area contributed by atoms with Crippen LogP contribution >= 0.6 is 0 Å². The Hall–Kier alpha value is -3.04. The van der Waals surface area contributed by atoms with Gasteiger partial charge in [-0.25, -0.2) is 13.6 Å². The average Bonchev–Trinajstić information content (AvgIpc) is 2.87. The standard InChI is InChI=1S/C30H31F7O3/c1-18-2-14-24(26(31)16-18)28(38)39-22-11-7-20(8-12-22)4-3-19-5-9-21(10-6-19)30(36,37)40-23-13-15-25(27(32)17-23)29(33,34)35/h2-4,13-17,19-22H,5-12H2,1H3/b4-3+. The van der Waals surface area contributed by atoms with Gasteiger partial charge in [0.1, 0.15) is 23.5 Å². The Morgan fingerprint density at radius 3 is 1.95 bits per heavy atom. The fraction of sp³-hybridized carbons (Fsp3) is 0.500. The predicted octanol–water partition coefficient (Wildman–Crippen LogP) is 9.04. The first-order chi connectivity index (χ1) is 18.8. The number of aryl methyl sites for hydroxylation is 1. The van der Waals surface area contributed by atoms with Crippen LogP contribution in [0.2, 0.25) is 0 Å². The van der Waals surface area contributed by atoms with Crippen molar-refractivity contribution in [2.75, 3.05) is 0 Å². The number of carbonyl (C=O) groups is 1. The van der Waals surface area contributed by atoms with Gasteiger partial charge in [-0.05, 0) is 100.0 Å². The molecule has 3 nitrogen and oxygen atoms in total. The van der Waals surface area contributed by atoms with Crippen molar-refractivity contribution in [2.24, 2.45) is 17.8 Å². The SMILES string of the molecule is Cc1ccc(C(=O)OC2CCC(/C=C/C3CCC(C(F)(F)Oc4ccc(C(F)(F)F)c(F)c4)CC3)CC2)c(F)c1. The summed E-state index contributed by atoms with van der Waals surface area (Å²) in [5, 5.41) is 0. The normalized spacial score (nSPS) is 24.2. The zero-order valence-corrected chi connectivity index (χ0v) is 22.0. The highest BCUT2D eigenvalue weighted by molar-refractivity contribution is 5.89. The van der Waals surface area contributed by atoms with Crippen molar-refractivity contribution in [3.63, 3.8) is 0 Å². The van der Waals surface area contributed by atoms with E-state index in [4.69, 9.17) is 4.74 Å². The van der Waals surface area contributed by atoms with E-state index in [-0.39, 0.29) is 36.3 Å². The van der Waals surface area contributed by atoms with Crippen LogP contribution in [0.3, 0.4) is 0 Å². The fourth-order valence-electron chi connectivity index (χ4n) is 5.39. The van der Waals surface area contributed by atoms with Gasteiger partial charge in [-0.3, -0.25) is 0 Å². The van der Waals surface area contributed by atoms with E-state index in [2.05, 4.69) is 10.8 Å². The summed E-state index contributed by atoms with van der Waals surface area (Å²) in [5.74, 6) is -4.35. The molecular formula is C30H31F7O3. The van der Waals surface area contributed by atoms with Crippen molar-refractivity contribution in [1.82, 2.24) is 0 Å². The zero-order chi connectivity index (χ0) is 29.1. The Labute approximate surface area is 228 Å². The van der Waals surface area contributed by atoms with E-state index in [9.17, 15) is 35.5 Å². The van der Waals surface area contributed by atoms with Crippen molar-refractivity contribution < 1.29 is 45.0 Å². The first-order valence-electron chi connectivity index (χ1n) is 13.4. The maximum Gasteiger partial charge on any atom is 0.419 e. The molecule has 0 bridgehead atoms. The number of ether oxygens (including phenoxy) is 2. The Morgan fingerprint density at radius 2 is 1.40 bits per heavy atom. The average molecular weight is 573 g/mol. The van der Waals surface area contributed by atoms with Crippen LogP contribution in [0.1, 0.15) is 72.9 Å². The molecule has 2 fully saturated rings. The third-order valence-electron chi connectivity index (χ3n) is 7.74. The van der Waals surface area contributed by atoms with E-state index in [1.807, 2.05) is 6.08 Å². The molecule has 0 aliphatic heterocycles. The third-order valence-corrected chi connectivity index (χ3v) is 7.74. The van der Waals surface area contributed by atoms with Gasteiger partial charge in [0.15, 0.2) is 0 Å². The molecule has 2 aliphatic carbocycles. The van der Waals surface area contributed by atoms with Crippen LogP contribution < -0.4 is 4.74 Å². The molecule has 2 aliphatic rings. The van der Waals surface area contributed by atoms with E-state index in [0.717, 1.165) is 12.8 Å². The third kappa shape index (κ3) is 7.57. The lowest BCUT2D eigenvalue weighted by molar-refractivity contribution is -0.223. The molecule has 40 heavy (non-hydrogen) atoms. The summed E-state index contributed by atoms with van der Waals surface area (Å²) in [6, 6.07) is 5.80. The zero-order valence-electron chi connectivity index (χ0n) is 22.0. The van der Waals surface area contributed by atoms with Crippen molar-refractivity contribution in [2.45, 2.75) is 76.7 Å². The smallest absolute Gasteiger partial charge is 0.419 e. The highest BCUT2D eigenvalue weighted by Gasteiger charge is 2.44. The van der Waals surface area contributed by atoms with E-state index in [1.54, 1.807) is 13.0 Å². The van der Waals surface area contributed by atoms with Gasteiger partial charge >= 0.3 is 18.3 Å². The second-order valence-corrected chi connectivity index (χ2v) is 10.7. The van der Waals surface area contributed by atoms with E-state index >= 15 is 0 Å². The summed E-state index contributed by atoms with van der Waals surface area (Å²) in [7, 11) is 0. The van der Waals surface area contributed by atoms with Crippen LogP contribution in [0.15, 0.2) is 48.6 Å². The molecule has 0 N–H and O–H groups in total. The van der Waals surface area contributed by atoms with Crippen LogP contribution in [0.4, 0.5) is 30.7 Å². The van der Waals surface area contributed by atoms with Crippen molar-refractivity contribution >= 4 is 5.97 Å². The number of esters is 1. The summed E-state index contributed by atoms with van der Waals surface area (Å²) in [5.41, 5.74) is -0.903. The van der Waals surface area contributed by atoms with Gasteiger partial charge in [0.2, 0.25) is 0 Å². The lowest BCUT2D eigenvalue weighted by atomic mass is 9.80. The molecule has 0 atom stereocenters. The minimum absolute atomic E-state index is 0.0780. The Bertz CT molecular complexity index is 1210. The minimum atomic E-state index is -4.93. The predicted molar refractivity (Wildman–Crippen MR) is 134 cm³/mol. The summed E-state index contributed by atoms with van der Waals surface area (Å²) in [6.45, 7) is 1.73. The van der Waals surface area contributed by atoms with Gasteiger partial charge in [0, 0.05) is 6.07 Å². The highest BCUT2D eigenvalue weighted by atomic mass is 19.4. The minimum Gasteiger partial charge on any atom is -0.459 e. The van der Waals surface area contributed by atoms with Crippen LogP contribution in [-0.2, 0) is 10.9 Å². The maximum absolute atomic E-state index is 14.7. The summed E-state index contributed by atoms with van der Waals surface area (Å²) < 4.78 is 105. The quantitative estimate of drug-likeness (QED) is 0.189. The Kier molecular flexibility index (Phi) is 9.15. The number of hydrogen-bond acceptors (Lipinski definition) is 3. The molecule has 2 saturated carbocycles. The van der Waals surface area contributed by atoms with Crippen LogP contribution in [0.25, 0.3) is 0 Å². The Balaban J connectivity index is 1.21. The largest absolute Gasteiger partial charge is 0.459 e. The van der Waals surface area contributed by atoms with Crippen LogP contribution in [0, 0.1) is 36.3 Å². The van der Waals surface area contributed by atoms with Crippen molar-refractivity contribution in [3.8, 4) is 5.75 Å². The number of halogens is 7. The molecule has 0 saturated heterocycles. The van der Waals surface area contributed by atoms with Gasteiger partial charge in [-0.15, -0.1) is 0 Å². The number of rotatable bonds is 7. The molecule has 0 aromatic heterocycles. The number of hydrogen-bond donors (Lipinski definition) is 0. The first kappa shape index (κ1) is 29.9. The molecular weight excluding hydrogens is 541 g/mol. The molecule has 4 rings (SSSR count). The maximum atomic E-state index is 14.7. The van der Waals surface area contributed by atoms with Gasteiger partial charge in [-0.1, -0.05) is 18.2 Å². The highest BCUT2D eigenvalue weighted by Crippen LogP contribution is 2.41. The van der Waals surface area contributed by atoms with Gasteiger partial charge < -0.3 is 9.47 Å². The summed E-state index contributed by atoms with van der Waals surface area (Å²) in [6.07, 6.45) is -0.547.